The number of carbonyl (C=O) groups excluding carboxylic acids is 1. The van der Waals surface area contributed by atoms with Gasteiger partial charge in [0, 0.05) is 33.6 Å². The Labute approximate surface area is 162 Å². The van der Waals surface area contributed by atoms with Gasteiger partial charge in [0.1, 0.15) is 12.3 Å². The highest BCUT2D eigenvalue weighted by molar-refractivity contribution is 14.0. The van der Waals surface area contributed by atoms with Crippen molar-refractivity contribution in [2.75, 3.05) is 33.7 Å². The molecule has 24 heavy (non-hydrogen) atoms. The lowest BCUT2D eigenvalue weighted by atomic mass is 10.0. The minimum absolute atomic E-state index is 0. The maximum absolute atomic E-state index is 11.7. The van der Waals surface area contributed by atoms with Crippen LogP contribution in [0.3, 0.4) is 0 Å². The molecule has 1 amide bonds. The van der Waals surface area contributed by atoms with Gasteiger partial charge in [-0.05, 0) is 18.1 Å². The number of halogens is 1. The molecule has 0 saturated carbocycles. The molecule has 1 heterocycles. The molecule has 1 rings (SSSR count). The Morgan fingerprint density at radius 1 is 1.29 bits per heavy atom. The molecule has 0 spiro atoms. The van der Waals surface area contributed by atoms with Gasteiger partial charge in [-0.1, -0.05) is 26.7 Å². The highest BCUT2D eigenvalue weighted by atomic mass is 127. The van der Waals surface area contributed by atoms with Gasteiger partial charge < -0.3 is 20.0 Å². The lowest BCUT2D eigenvalue weighted by Crippen LogP contribution is -2.41. The Kier molecular flexibility index (Phi) is 12.4. The molecule has 0 aliphatic carbocycles. The number of furan rings is 1. The quantitative estimate of drug-likeness (QED) is 0.345. The van der Waals surface area contributed by atoms with E-state index in [2.05, 4.69) is 29.5 Å². The number of carbonyl (C=O) groups is 1. The summed E-state index contributed by atoms with van der Waals surface area (Å²) in [4.78, 5) is 17.6. The number of hydrogen-bond acceptors (Lipinski definition) is 3. The maximum atomic E-state index is 11.7. The molecule has 0 fully saturated rings. The lowest BCUT2D eigenvalue weighted by molar-refractivity contribution is -0.127. The van der Waals surface area contributed by atoms with Crippen molar-refractivity contribution in [3.63, 3.8) is 0 Å². The van der Waals surface area contributed by atoms with Crippen LogP contribution in [-0.2, 0) is 11.2 Å². The summed E-state index contributed by atoms with van der Waals surface area (Å²) in [7, 11) is 3.47. The fraction of sp³-hybridized carbons (Fsp3) is 0.647. The molecule has 0 atom stereocenters. The molecule has 0 bridgehead atoms. The van der Waals surface area contributed by atoms with Crippen LogP contribution < -0.4 is 10.6 Å². The van der Waals surface area contributed by atoms with E-state index in [4.69, 9.17) is 4.42 Å². The van der Waals surface area contributed by atoms with Gasteiger partial charge in [-0.25, -0.2) is 4.99 Å². The van der Waals surface area contributed by atoms with Gasteiger partial charge >= 0.3 is 0 Å². The molecule has 1 aromatic rings. The van der Waals surface area contributed by atoms with Crippen molar-refractivity contribution in [1.29, 1.82) is 0 Å². The molecule has 7 heteroatoms. The number of nitrogens with zero attached hydrogens (tertiary/aromatic N) is 2. The zero-order valence-electron chi connectivity index (χ0n) is 15.2. The Hall–Kier alpha value is -1.25. The summed E-state index contributed by atoms with van der Waals surface area (Å²) >= 11 is 0. The number of guanidine groups is 1. The second-order valence-electron chi connectivity index (χ2n) is 5.77. The van der Waals surface area contributed by atoms with Crippen molar-refractivity contribution in [2.24, 2.45) is 10.9 Å². The minimum atomic E-state index is -0.0142. The van der Waals surface area contributed by atoms with Crippen molar-refractivity contribution in [2.45, 2.75) is 33.1 Å². The van der Waals surface area contributed by atoms with Crippen LogP contribution in [-0.4, -0.2) is 50.5 Å². The van der Waals surface area contributed by atoms with Gasteiger partial charge in [0.2, 0.25) is 5.91 Å². The van der Waals surface area contributed by atoms with E-state index in [1.807, 2.05) is 12.1 Å². The molecule has 0 aromatic carbocycles. The van der Waals surface area contributed by atoms with Gasteiger partial charge in [-0.2, -0.15) is 0 Å². The van der Waals surface area contributed by atoms with Crippen LogP contribution in [0.5, 0.6) is 0 Å². The average molecular weight is 450 g/mol. The molecule has 0 aliphatic heterocycles. The van der Waals surface area contributed by atoms with Crippen molar-refractivity contribution in [3.8, 4) is 0 Å². The summed E-state index contributed by atoms with van der Waals surface area (Å²) in [6, 6.07) is 3.83. The van der Waals surface area contributed by atoms with E-state index in [1.54, 1.807) is 25.3 Å². The van der Waals surface area contributed by atoms with E-state index in [-0.39, 0.29) is 36.4 Å². The maximum Gasteiger partial charge on any atom is 0.243 e. The van der Waals surface area contributed by atoms with Crippen LogP contribution in [0.15, 0.2) is 27.8 Å². The summed E-state index contributed by atoms with van der Waals surface area (Å²) in [6.07, 6.45) is 4.70. The number of amides is 1. The summed E-state index contributed by atoms with van der Waals surface area (Å²) < 4.78 is 5.32. The molecule has 0 saturated heterocycles. The van der Waals surface area contributed by atoms with Crippen molar-refractivity contribution in [3.05, 3.63) is 24.2 Å². The van der Waals surface area contributed by atoms with E-state index in [0.29, 0.717) is 18.4 Å². The zero-order chi connectivity index (χ0) is 17.1. The zero-order valence-corrected chi connectivity index (χ0v) is 17.5. The van der Waals surface area contributed by atoms with Crippen LogP contribution in [0.2, 0.25) is 0 Å². The van der Waals surface area contributed by atoms with E-state index in [1.165, 1.54) is 0 Å². The standard InChI is InChI=1S/C17H30N4O2.HI/c1-5-14(6-2)12-19-17(20-13-16(22)21(3)4)18-10-9-15-8-7-11-23-15;/h7-8,11,14H,5-6,9-10,12-13H2,1-4H3,(H2,18,19,20);1H. The van der Waals surface area contributed by atoms with E-state index >= 15 is 0 Å². The third-order valence-corrected chi connectivity index (χ3v) is 3.83. The first-order chi connectivity index (χ1) is 11.1. The average Bonchev–Trinajstić information content (AvgIpc) is 3.05. The van der Waals surface area contributed by atoms with E-state index < -0.39 is 0 Å². The largest absolute Gasteiger partial charge is 0.469 e. The molecule has 2 N–H and O–H groups in total. The smallest absolute Gasteiger partial charge is 0.243 e. The molecule has 0 radical (unpaired) electrons. The van der Waals surface area contributed by atoms with Crippen molar-refractivity contribution >= 4 is 35.8 Å². The van der Waals surface area contributed by atoms with Crippen molar-refractivity contribution < 1.29 is 9.21 Å². The summed E-state index contributed by atoms with van der Waals surface area (Å²) in [5.74, 6) is 2.20. The number of likely N-dealkylation sites (N-methyl/N-ethyl adjacent to an activating group) is 1. The predicted molar refractivity (Wildman–Crippen MR) is 109 cm³/mol. The third kappa shape index (κ3) is 9.14. The molecule has 6 nitrogen and oxygen atoms in total. The number of aliphatic imine (C=N–C) groups is 1. The van der Waals surface area contributed by atoms with Crippen molar-refractivity contribution in [1.82, 2.24) is 15.5 Å². The van der Waals surface area contributed by atoms with Crippen LogP contribution in [0, 0.1) is 5.92 Å². The second-order valence-corrected chi connectivity index (χ2v) is 5.77. The Balaban J connectivity index is 0.00000529. The van der Waals surface area contributed by atoms with Gasteiger partial charge in [-0.15, -0.1) is 24.0 Å². The normalized spacial score (nSPS) is 11.1. The number of rotatable bonds is 9. The highest BCUT2D eigenvalue weighted by Gasteiger charge is 2.07. The van der Waals surface area contributed by atoms with Gasteiger partial charge in [0.15, 0.2) is 5.96 Å². The van der Waals surface area contributed by atoms with Gasteiger partial charge in [0.05, 0.1) is 6.26 Å². The van der Waals surface area contributed by atoms with Gasteiger partial charge in [0.25, 0.3) is 0 Å². The first-order valence-electron chi connectivity index (χ1n) is 8.31. The van der Waals surface area contributed by atoms with E-state index in [0.717, 1.165) is 31.6 Å². The fourth-order valence-electron chi connectivity index (χ4n) is 2.04. The predicted octanol–water partition coefficient (Wildman–Crippen LogP) is 2.50. The lowest BCUT2D eigenvalue weighted by Gasteiger charge is -2.17. The number of hydrogen-bond donors (Lipinski definition) is 2. The van der Waals surface area contributed by atoms with Crippen LogP contribution >= 0.6 is 24.0 Å². The summed E-state index contributed by atoms with van der Waals surface area (Å²) in [6.45, 7) is 6.08. The Morgan fingerprint density at radius 3 is 2.54 bits per heavy atom. The first-order valence-corrected chi connectivity index (χ1v) is 8.31. The molecule has 0 unspecified atom stereocenters. The molecular weight excluding hydrogens is 419 g/mol. The third-order valence-electron chi connectivity index (χ3n) is 3.83. The molecule has 0 aliphatic rings. The number of nitrogens with one attached hydrogen (secondary N) is 2. The minimum Gasteiger partial charge on any atom is -0.469 e. The monoisotopic (exact) mass is 450 g/mol. The molecular formula is C17H31IN4O2. The first kappa shape index (κ1) is 22.8. The van der Waals surface area contributed by atoms with E-state index in [9.17, 15) is 4.79 Å². The topological polar surface area (TPSA) is 69.9 Å². The Bertz CT molecular complexity index is 471. The van der Waals surface area contributed by atoms with Gasteiger partial charge in [-0.3, -0.25) is 4.79 Å². The summed E-state index contributed by atoms with van der Waals surface area (Å²) in [5.41, 5.74) is 0. The van der Waals surface area contributed by atoms with Crippen LogP contribution in [0.1, 0.15) is 32.4 Å². The SMILES string of the molecule is CCC(CC)CNC(=NCC(=O)N(C)C)NCCc1ccco1.I. The van der Waals surface area contributed by atoms with Crippen LogP contribution in [0.4, 0.5) is 0 Å². The highest BCUT2D eigenvalue weighted by Crippen LogP contribution is 2.05. The molecule has 1 aromatic heterocycles. The second kappa shape index (κ2) is 13.1. The molecule has 138 valence electrons. The fourth-order valence-corrected chi connectivity index (χ4v) is 2.04. The Morgan fingerprint density at radius 2 is 2.00 bits per heavy atom. The van der Waals surface area contributed by atoms with Crippen LogP contribution in [0.25, 0.3) is 0 Å². The summed E-state index contributed by atoms with van der Waals surface area (Å²) in [5, 5.41) is 6.60.